The summed E-state index contributed by atoms with van der Waals surface area (Å²) in [4.78, 5) is 12.5. The van der Waals surface area contributed by atoms with Gasteiger partial charge in [-0.3, -0.25) is 4.79 Å². The molecule has 1 unspecified atom stereocenters. The minimum atomic E-state index is -4.40. The van der Waals surface area contributed by atoms with Crippen molar-refractivity contribution in [2.75, 3.05) is 19.8 Å². The molecule has 1 amide bonds. The lowest BCUT2D eigenvalue weighted by Crippen LogP contribution is -2.49. The first-order valence-electron chi connectivity index (χ1n) is 7.54. The SMILES string of the molecule is CC(NC(=O)C1(CN)CCOCC1)c1cccc(C(F)(F)F)c1. The van der Waals surface area contributed by atoms with E-state index in [4.69, 9.17) is 10.5 Å². The first kappa shape index (κ1) is 17.7. The maximum atomic E-state index is 12.8. The van der Waals surface area contributed by atoms with Crippen molar-refractivity contribution in [2.24, 2.45) is 11.1 Å². The summed E-state index contributed by atoms with van der Waals surface area (Å²) in [6.45, 7) is 2.78. The Labute approximate surface area is 133 Å². The summed E-state index contributed by atoms with van der Waals surface area (Å²) in [7, 11) is 0. The van der Waals surface area contributed by atoms with E-state index in [1.54, 1.807) is 13.0 Å². The molecule has 1 atom stereocenters. The molecular formula is C16H21F3N2O2. The third kappa shape index (κ3) is 4.03. The van der Waals surface area contributed by atoms with Gasteiger partial charge in [0.25, 0.3) is 0 Å². The Morgan fingerprint density at radius 2 is 2.04 bits per heavy atom. The van der Waals surface area contributed by atoms with E-state index < -0.39 is 23.2 Å². The van der Waals surface area contributed by atoms with Gasteiger partial charge >= 0.3 is 6.18 Å². The van der Waals surface area contributed by atoms with Crippen molar-refractivity contribution in [3.8, 4) is 0 Å². The average Bonchev–Trinajstić information content (AvgIpc) is 2.54. The topological polar surface area (TPSA) is 64.4 Å². The number of carbonyl (C=O) groups excluding carboxylic acids is 1. The minimum Gasteiger partial charge on any atom is -0.381 e. The molecule has 0 saturated carbocycles. The van der Waals surface area contributed by atoms with Crippen LogP contribution in [-0.2, 0) is 15.7 Å². The van der Waals surface area contributed by atoms with Gasteiger partial charge in [0, 0.05) is 19.8 Å². The second-order valence-electron chi connectivity index (χ2n) is 5.92. The van der Waals surface area contributed by atoms with Crippen LogP contribution in [0.2, 0.25) is 0 Å². The molecular weight excluding hydrogens is 309 g/mol. The standard InChI is InChI=1S/C16H21F3N2O2/c1-11(12-3-2-4-13(9-12)16(17,18)19)21-14(22)15(10-20)5-7-23-8-6-15/h2-4,9,11H,5-8,10,20H2,1H3,(H,21,22). The fraction of sp³-hybridized carbons (Fsp3) is 0.562. The van der Waals surface area contributed by atoms with E-state index in [1.807, 2.05) is 0 Å². The highest BCUT2D eigenvalue weighted by atomic mass is 19.4. The third-order valence-corrected chi connectivity index (χ3v) is 4.38. The zero-order valence-corrected chi connectivity index (χ0v) is 13.0. The van der Waals surface area contributed by atoms with Crippen molar-refractivity contribution in [2.45, 2.75) is 32.0 Å². The Hall–Kier alpha value is -1.60. The van der Waals surface area contributed by atoms with E-state index in [2.05, 4.69) is 5.32 Å². The molecule has 2 rings (SSSR count). The molecule has 0 spiro atoms. The van der Waals surface area contributed by atoms with E-state index in [1.165, 1.54) is 6.07 Å². The van der Waals surface area contributed by atoms with Crippen molar-refractivity contribution in [1.82, 2.24) is 5.32 Å². The van der Waals surface area contributed by atoms with E-state index in [-0.39, 0.29) is 12.5 Å². The van der Waals surface area contributed by atoms with Crippen LogP contribution in [0.5, 0.6) is 0 Å². The van der Waals surface area contributed by atoms with Crippen LogP contribution in [0.4, 0.5) is 13.2 Å². The second-order valence-corrected chi connectivity index (χ2v) is 5.92. The molecule has 1 aliphatic heterocycles. The predicted molar refractivity (Wildman–Crippen MR) is 79.5 cm³/mol. The van der Waals surface area contributed by atoms with Gasteiger partial charge in [0.05, 0.1) is 17.0 Å². The second kappa shape index (κ2) is 6.88. The molecule has 1 aromatic carbocycles. The summed E-state index contributed by atoms with van der Waals surface area (Å²) >= 11 is 0. The van der Waals surface area contributed by atoms with Crippen LogP contribution >= 0.6 is 0 Å². The summed E-state index contributed by atoms with van der Waals surface area (Å²) in [5.41, 5.74) is 4.75. The van der Waals surface area contributed by atoms with Gasteiger partial charge in [-0.2, -0.15) is 13.2 Å². The van der Waals surface area contributed by atoms with Gasteiger partial charge in [-0.25, -0.2) is 0 Å². The number of alkyl halides is 3. The monoisotopic (exact) mass is 330 g/mol. The number of ether oxygens (including phenoxy) is 1. The van der Waals surface area contributed by atoms with Crippen LogP contribution < -0.4 is 11.1 Å². The van der Waals surface area contributed by atoms with Crippen LogP contribution in [0, 0.1) is 5.41 Å². The molecule has 4 nitrogen and oxygen atoms in total. The molecule has 1 fully saturated rings. The van der Waals surface area contributed by atoms with E-state index in [0.29, 0.717) is 31.6 Å². The van der Waals surface area contributed by atoms with Gasteiger partial charge < -0.3 is 15.8 Å². The Bertz CT molecular complexity index is 555. The first-order valence-corrected chi connectivity index (χ1v) is 7.54. The molecule has 1 saturated heterocycles. The molecule has 0 aromatic heterocycles. The van der Waals surface area contributed by atoms with Gasteiger partial charge in [0.15, 0.2) is 0 Å². The first-order chi connectivity index (χ1) is 10.8. The summed E-state index contributed by atoms with van der Waals surface area (Å²) in [6, 6.07) is 4.45. The lowest BCUT2D eigenvalue weighted by atomic mass is 9.79. The van der Waals surface area contributed by atoms with Crippen molar-refractivity contribution in [1.29, 1.82) is 0 Å². The summed E-state index contributed by atoms with van der Waals surface area (Å²) in [5, 5.41) is 2.79. The minimum absolute atomic E-state index is 0.192. The fourth-order valence-corrected chi connectivity index (χ4v) is 2.70. The predicted octanol–water partition coefficient (Wildman–Crippen LogP) is 2.64. The number of hydrogen-bond acceptors (Lipinski definition) is 3. The number of nitrogens with one attached hydrogen (secondary N) is 1. The molecule has 3 N–H and O–H groups in total. The van der Waals surface area contributed by atoms with Crippen LogP contribution in [0.25, 0.3) is 0 Å². The number of amides is 1. The molecule has 7 heteroatoms. The Kier molecular flexibility index (Phi) is 5.31. The number of rotatable bonds is 4. The number of carbonyl (C=O) groups is 1. The van der Waals surface area contributed by atoms with Gasteiger partial charge in [-0.1, -0.05) is 12.1 Å². The van der Waals surface area contributed by atoms with Gasteiger partial charge in [-0.15, -0.1) is 0 Å². The summed E-state index contributed by atoms with van der Waals surface area (Å²) < 4.78 is 43.6. The van der Waals surface area contributed by atoms with Gasteiger partial charge in [0.1, 0.15) is 0 Å². The van der Waals surface area contributed by atoms with Crippen LogP contribution in [0.3, 0.4) is 0 Å². The van der Waals surface area contributed by atoms with E-state index >= 15 is 0 Å². The Balaban J connectivity index is 2.12. The van der Waals surface area contributed by atoms with E-state index in [9.17, 15) is 18.0 Å². The quantitative estimate of drug-likeness (QED) is 0.892. The number of hydrogen-bond donors (Lipinski definition) is 2. The lowest BCUT2D eigenvalue weighted by molar-refractivity contribution is -0.137. The lowest BCUT2D eigenvalue weighted by Gasteiger charge is -2.35. The third-order valence-electron chi connectivity index (χ3n) is 4.38. The molecule has 0 radical (unpaired) electrons. The molecule has 23 heavy (non-hydrogen) atoms. The zero-order valence-electron chi connectivity index (χ0n) is 13.0. The molecule has 1 aromatic rings. The maximum absolute atomic E-state index is 12.8. The van der Waals surface area contributed by atoms with Crippen molar-refractivity contribution >= 4 is 5.91 Å². The molecule has 1 aliphatic rings. The highest BCUT2D eigenvalue weighted by molar-refractivity contribution is 5.83. The molecule has 0 aliphatic carbocycles. The average molecular weight is 330 g/mol. The molecule has 1 heterocycles. The van der Waals surface area contributed by atoms with Gasteiger partial charge in [-0.05, 0) is 37.5 Å². The fourth-order valence-electron chi connectivity index (χ4n) is 2.70. The van der Waals surface area contributed by atoms with Crippen molar-refractivity contribution < 1.29 is 22.7 Å². The highest BCUT2D eigenvalue weighted by Gasteiger charge is 2.39. The van der Waals surface area contributed by atoms with Crippen molar-refractivity contribution in [3.63, 3.8) is 0 Å². The zero-order chi connectivity index (χ0) is 17.1. The summed E-state index contributed by atoms with van der Waals surface area (Å²) in [6.07, 6.45) is -3.37. The van der Waals surface area contributed by atoms with Crippen molar-refractivity contribution in [3.05, 3.63) is 35.4 Å². The number of benzene rings is 1. The molecule has 0 bridgehead atoms. The largest absolute Gasteiger partial charge is 0.416 e. The molecule has 128 valence electrons. The highest BCUT2D eigenvalue weighted by Crippen LogP contribution is 2.32. The summed E-state index contributed by atoms with van der Waals surface area (Å²) in [5.74, 6) is -0.229. The van der Waals surface area contributed by atoms with E-state index in [0.717, 1.165) is 12.1 Å². The maximum Gasteiger partial charge on any atom is 0.416 e. The number of nitrogens with two attached hydrogens (primary N) is 1. The smallest absolute Gasteiger partial charge is 0.381 e. The van der Waals surface area contributed by atoms with Crippen LogP contribution in [-0.4, -0.2) is 25.7 Å². The van der Waals surface area contributed by atoms with Crippen LogP contribution in [0.1, 0.15) is 36.9 Å². The normalized spacial score (nSPS) is 19.2. The Morgan fingerprint density at radius 1 is 1.39 bits per heavy atom. The Morgan fingerprint density at radius 3 is 2.61 bits per heavy atom. The van der Waals surface area contributed by atoms with Gasteiger partial charge in [0.2, 0.25) is 5.91 Å². The number of halogens is 3. The van der Waals surface area contributed by atoms with Crippen LogP contribution in [0.15, 0.2) is 24.3 Å².